The van der Waals surface area contributed by atoms with Crippen LogP contribution in [0, 0.1) is 11.3 Å². The molecule has 0 saturated carbocycles. The molecule has 4 rings (SSSR count). The summed E-state index contributed by atoms with van der Waals surface area (Å²) in [5.41, 5.74) is 2.18. The summed E-state index contributed by atoms with van der Waals surface area (Å²) in [4.78, 5) is 2.13. The maximum Gasteiger partial charge on any atom is 0.232 e. The molecule has 0 amide bonds. The second-order valence-corrected chi connectivity index (χ2v) is 6.21. The third kappa shape index (κ3) is 3.45. The Morgan fingerprint density at radius 2 is 1.96 bits per heavy atom. The molecule has 8 heteroatoms. The van der Waals surface area contributed by atoms with Crippen LogP contribution in [-0.4, -0.2) is 50.8 Å². The summed E-state index contributed by atoms with van der Waals surface area (Å²) in [6.45, 7) is 2.76. The van der Waals surface area contributed by atoms with Crippen LogP contribution in [0.2, 0.25) is 0 Å². The Balaban J connectivity index is 1.83. The molecule has 1 fully saturated rings. The molecular formula is C19H19N7O. The molecule has 8 nitrogen and oxygen atoms in total. The number of hydrogen-bond donors (Lipinski definition) is 0. The van der Waals surface area contributed by atoms with Gasteiger partial charge in [-0.3, -0.25) is 9.25 Å². The fourth-order valence-electron chi connectivity index (χ4n) is 3.06. The maximum absolute atomic E-state index is 9.78. The Bertz CT molecular complexity index is 991. The first-order valence-corrected chi connectivity index (χ1v) is 8.70. The number of morpholine rings is 1. The molecule has 1 aliphatic heterocycles. The number of rotatable bonds is 4. The molecule has 0 spiro atoms. The summed E-state index contributed by atoms with van der Waals surface area (Å²) in [7, 11) is 1.84. The number of allylic oxidation sites excluding steroid dienone is 1. The van der Waals surface area contributed by atoms with Crippen LogP contribution in [0.3, 0.4) is 0 Å². The van der Waals surface area contributed by atoms with Crippen molar-refractivity contribution in [3.05, 3.63) is 54.1 Å². The number of para-hydroxylation sites is 1. The number of ether oxygens (including phenoxy) is 1. The highest BCUT2D eigenvalue weighted by Gasteiger charge is 2.23. The van der Waals surface area contributed by atoms with E-state index in [0.29, 0.717) is 30.6 Å². The minimum absolute atomic E-state index is 0.430. The van der Waals surface area contributed by atoms with Crippen molar-refractivity contribution in [3.8, 4) is 11.8 Å². The van der Waals surface area contributed by atoms with Crippen molar-refractivity contribution in [2.24, 2.45) is 7.05 Å². The first kappa shape index (κ1) is 17.0. The zero-order valence-electron chi connectivity index (χ0n) is 15.0. The molecule has 136 valence electrons. The molecule has 0 bridgehead atoms. The van der Waals surface area contributed by atoms with Gasteiger partial charge in [-0.05, 0) is 18.2 Å². The first-order valence-electron chi connectivity index (χ1n) is 8.70. The van der Waals surface area contributed by atoms with Crippen molar-refractivity contribution in [3.63, 3.8) is 0 Å². The van der Waals surface area contributed by atoms with E-state index >= 15 is 0 Å². The monoisotopic (exact) mass is 361 g/mol. The van der Waals surface area contributed by atoms with E-state index in [4.69, 9.17) is 4.74 Å². The van der Waals surface area contributed by atoms with Gasteiger partial charge in [0.15, 0.2) is 5.82 Å². The third-order valence-electron chi connectivity index (χ3n) is 4.35. The van der Waals surface area contributed by atoms with Crippen molar-refractivity contribution in [2.75, 3.05) is 31.2 Å². The van der Waals surface area contributed by atoms with E-state index < -0.39 is 0 Å². The summed E-state index contributed by atoms with van der Waals surface area (Å²) < 4.78 is 9.08. The lowest BCUT2D eigenvalue weighted by molar-refractivity contribution is 0.122. The quantitative estimate of drug-likeness (QED) is 0.660. The molecule has 1 aliphatic rings. The van der Waals surface area contributed by atoms with E-state index in [2.05, 4.69) is 26.3 Å². The lowest BCUT2D eigenvalue weighted by Gasteiger charge is -2.28. The molecule has 0 N–H and O–H groups in total. The van der Waals surface area contributed by atoms with Crippen LogP contribution in [0.15, 0.2) is 42.7 Å². The average Bonchev–Trinajstić information content (AvgIpc) is 3.33. The molecule has 1 saturated heterocycles. The van der Waals surface area contributed by atoms with E-state index in [1.54, 1.807) is 17.0 Å². The van der Waals surface area contributed by atoms with Gasteiger partial charge in [-0.1, -0.05) is 18.2 Å². The standard InChI is InChI=1S/C19H19N7O/c1-24-14-15(13-21-24)11-16(12-20)18-22-23-19(25-7-9-27-10-8-25)26(18)17-5-3-2-4-6-17/h2-6,11,13-14H,7-10H2,1H3/b16-11+. The number of aromatic nitrogens is 5. The van der Waals surface area contributed by atoms with Crippen molar-refractivity contribution in [1.82, 2.24) is 24.5 Å². The number of hydrogen-bond acceptors (Lipinski definition) is 6. The van der Waals surface area contributed by atoms with Crippen LogP contribution < -0.4 is 4.90 Å². The zero-order chi connectivity index (χ0) is 18.6. The van der Waals surface area contributed by atoms with Crippen molar-refractivity contribution < 1.29 is 4.74 Å². The Labute approximate surface area is 156 Å². The third-order valence-corrected chi connectivity index (χ3v) is 4.35. The average molecular weight is 361 g/mol. The molecule has 3 aromatic rings. The fourth-order valence-corrected chi connectivity index (χ4v) is 3.06. The predicted octanol–water partition coefficient (Wildman–Crippen LogP) is 1.90. The normalized spacial score (nSPS) is 15.0. The molecule has 0 aliphatic carbocycles. The van der Waals surface area contributed by atoms with Crippen molar-refractivity contribution in [2.45, 2.75) is 0 Å². The molecule has 0 unspecified atom stereocenters. The van der Waals surface area contributed by atoms with Gasteiger partial charge in [0.25, 0.3) is 0 Å². The summed E-state index contributed by atoms with van der Waals surface area (Å²) in [5.74, 6) is 1.22. The molecule has 2 aromatic heterocycles. The van der Waals surface area contributed by atoms with Gasteiger partial charge in [-0.25, -0.2) is 0 Å². The Morgan fingerprint density at radius 1 is 1.19 bits per heavy atom. The molecule has 27 heavy (non-hydrogen) atoms. The van der Waals surface area contributed by atoms with Gasteiger partial charge in [-0.15, -0.1) is 10.2 Å². The largest absolute Gasteiger partial charge is 0.378 e. The van der Waals surface area contributed by atoms with Gasteiger partial charge in [0, 0.05) is 31.9 Å². The molecular weight excluding hydrogens is 342 g/mol. The van der Waals surface area contributed by atoms with Gasteiger partial charge in [-0.2, -0.15) is 10.4 Å². The minimum Gasteiger partial charge on any atom is -0.378 e. The fraction of sp³-hybridized carbons (Fsp3) is 0.263. The number of benzene rings is 1. The Hall–Kier alpha value is -3.44. The van der Waals surface area contributed by atoms with E-state index in [0.717, 1.165) is 24.3 Å². The van der Waals surface area contributed by atoms with Crippen LogP contribution in [0.4, 0.5) is 5.95 Å². The Morgan fingerprint density at radius 3 is 2.63 bits per heavy atom. The van der Waals surface area contributed by atoms with Crippen molar-refractivity contribution >= 4 is 17.6 Å². The summed E-state index contributed by atoms with van der Waals surface area (Å²) >= 11 is 0. The van der Waals surface area contributed by atoms with Gasteiger partial charge in [0.05, 0.1) is 30.7 Å². The van der Waals surface area contributed by atoms with Crippen molar-refractivity contribution in [1.29, 1.82) is 5.26 Å². The lowest BCUT2D eigenvalue weighted by Crippen LogP contribution is -2.38. The van der Waals surface area contributed by atoms with E-state index in [9.17, 15) is 5.26 Å². The summed E-state index contributed by atoms with van der Waals surface area (Å²) in [5, 5.41) is 22.7. The van der Waals surface area contributed by atoms with Crippen LogP contribution in [-0.2, 0) is 11.8 Å². The first-order chi connectivity index (χ1) is 13.3. The van der Waals surface area contributed by atoms with Crippen LogP contribution in [0.5, 0.6) is 0 Å². The highest BCUT2D eigenvalue weighted by atomic mass is 16.5. The number of aryl methyl sites for hydroxylation is 1. The summed E-state index contributed by atoms with van der Waals surface area (Å²) in [6.07, 6.45) is 5.34. The van der Waals surface area contributed by atoms with Crippen LogP contribution >= 0.6 is 0 Å². The van der Waals surface area contributed by atoms with Gasteiger partial charge < -0.3 is 9.64 Å². The van der Waals surface area contributed by atoms with Crippen LogP contribution in [0.1, 0.15) is 11.4 Å². The number of anilines is 1. The number of nitriles is 1. The predicted molar refractivity (Wildman–Crippen MR) is 101 cm³/mol. The highest BCUT2D eigenvalue weighted by Crippen LogP contribution is 2.26. The zero-order valence-corrected chi connectivity index (χ0v) is 15.0. The smallest absolute Gasteiger partial charge is 0.232 e. The topological polar surface area (TPSA) is 84.8 Å². The maximum atomic E-state index is 9.78. The van der Waals surface area contributed by atoms with Gasteiger partial charge in [0.2, 0.25) is 5.95 Å². The second-order valence-electron chi connectivity index (χ2n) is 6.21. The lowest BCUT2D eigenvalue weighted by atomic mass is 10.2. The Kier molecular flexibility index (Phi) is 4.68. The molecule has 1 aromatic carbocycles. The van der Waals surface area contributed by atoms with Gasteiger partial charge >= 0.3 is 0 Å². The minimum atomic E-state index is 0.430. The highest BCUT2D eigenvalue weighted by molar-refractivity contribution is 5.87. The van der Waals surface area contributed by atoms with Crippen LogP contribution in [0.25, 0.3) is 17.3 Å². The summed E-state index contributed by atoms with van der Waals surface area (Å²) in [6, 6.07) is 12.1. The van der Waals surface area contributed by atoms with Gasteiger partial charge in [0.1, 0.15) is 6.07 Å². The SMILES string of the molecule is Cn1cc(/C=C(\C#N)c2nnc(N3CCOCC3)n2-c2ccccc2)cn1. The second kappa shape index (κ2) is 7.43. The van der Waals surface area contributed by atoms with E-state index in [1.807, 2.05) is 48.1 Å². The molecule has 3 heterocycles. The molecule has 0 radical (unpaired) electrons. The van der Waals surface area contributed by atoms with E-state index in [1.165, 1.54) is 0 Å². The number of nitrogens with zero attached hydrogens (tertiary/aromatic N) is 7. The van der Waals surface area contributed by atoms with E-state index in [-0.39, 0.29) is 0 Å². The molecule has 0 atom stereocenters.